The molecule has 1 aromatic carbocycles. The van der Waals surface area contributed by atoms with Gasteiger partial charge in [-0.2, -0.15) is 0 Å². The Balaban J connectivity index is 2.36. The van der Waals surface area contributed by atoms with E-state index in [0.29, 0.717) is 0 Å². The molecule has 0 radical (unpaired) electrons. The summed E-state index contributed by atoms with van der Waals surface area (Å²) >= 11 is 0. The molecule has 1 aliphatic heterocycles. The maximum atomic E-state index is 14.3. The van der Waals surface area contributed by atoms with Crippen LogP contribution in [0.2, 0.25) is 0 Å². The SMILES string of the molecule is CC1(C)OB(c2cccc(N[SH](=O)=O)c2F)OC1(C)C. The molecule has 0 aliphatic carbocycles. The highest BCUT2D eigenvalue weighted by Gasteiger charge is 2.52. The highest BCUT2D eigenvalue weighted by Crippen LogP contribution is 2.36. The number of hydrogen-bond acceptors (Lipinski definition) is 4. The van der Waals surface area contributed by atoms with Gasteiger partial charge in [0.25, 0.3) is 0 Å². The van der Waals surface area contributed by atoms with Gasteiger partial charge in [0.2, 0.25) is 10.9 Å². The van der Waals surface area contributed by atoms with Crippen molar-refractivity contribution in [3.8, 4) is 0 Å². The summed E-state index contributed by atoms with van der Waals surface area (Å²) in [4.78, 5) is 0. The fraction of sp³-hybridized carbons (Fsp3) is 0.500. The van der Waals surface area contributed by atoms with E-state index in [0.717, 1.165) is 0 Å². The Morgan fingerprint density at radius 3 is 2.20 bits per heavy atom. The zero-order valence-corrected chi connectivity index (χ0v) is 12.7. The smallest absolute Gasteiger partial charge is 0.399 e. The average Bonchev–Trinajstić information content (AvgIpc) is 2.50. The molecule has 1 N–H and O–H groups in total. The molecular formula is C12H17BFNO4S. The van der Waals surface area contributed by atoms with Gasteiger partial charge in [0.15, 0.2) is 0 Å². The van der Waals surface area contributed by atoms with Gasteiger partial charge >= 0.3 is 7.12 Å². The molecule has 0 spiro atoms. The van der Waals surface area contributed by atoms with Crippen LogP contribution in [0.1, 0.15) is 27.7 Å². The van der Waals surface area contributed by atoms with Gasteiger partial charge in [0.05, 0.1) is 16.9 Å². The zero-order valence-electron chi connectivity index (χ0n) is 11.8. The number of rotatable bonds is 3. The minimum Gasteiger partial charge on any atom is -0.399 e. The van der Waals surface area contributed by atoms with Gasteiger partial charge in [-0.3, -0.25) is 4.72 Å². The lowest BCUT2D eigenvalue weighted by molar-refractivity contribution is 0.00578. The van der Waals surface area contributed by atoms with Gasteiger partial charge in [0.1, 0.15) is 5.82 Å². The summed E-state index contributed by atoms with van der Waals surface area (Å²) in [6.45, 7) is 7.45. The number of halogens is 1. The molecule has 1 fully saturated rings. The Morgan fingerprint density at radius 2 is 1.70 bits per heavy atom. The molecule has 0 saturated carbocycles. The van der Waals surface area contributed by atoms with Crippen molar-refractivity contribution in [1.82, 2.24) is 0 Å². The van der Waals surface area contributed by atoms with E-state index in [1.807, 2.05) is 32.4 Å². The van der Waals surface area contributed by atoms with E-state index < -0.39 is 35.0 Å². The Kier molecular flexibility index (Phi) is 3.83. The van der Waals surface area contributed by atoms with Crippen molar-refractivity contribution < 1.29 is 22.1 Å². The Bertz CT molecular complexity index is 579. The van der Waals surface area contributed by atoms with Crippen molar-refractivity contribution in [2.75, 3.05) is 4.72 Å². The standard InChI is InChI=1S/C12H17BFNO4S/c1-11(2)12(3,4)19-13(18-11)8-6-5-7-9(10(8)14)15-20(16)17/h5-7,20H,1-4H3,(H,15,16,17). The van der Waals surface area contributed by atoms with Crippen LogP contribution in [-0.4, -0.2) is 26.7 Å². The van der Waals surface area contributed by atoms with E-state index in [4.69, 9.17) is 9.31 Å². The summed E-state index contributed by atoms with van der Waals surface area (Å²) in [5.74, 6) is -0.690. The van der Waals surface area contributed by atoms with Crippen LogP contribution in [0.25, 0.3) is 0 Å². The second-order valence-corrected chi connectivity index (χ2v) is 6.40. The minimum atomic E-state index is -2.93. The summed E-state index contributed by atoms with van der Waals surface area (Å²) in [7, 11) is -3.80. The van der Waals surface area contributed by atoms with E-state index in [2.05, 4.69) is 0 Å². The number of anilines is 1. The molecule has 1 heterocycles. The van der Waals surface area contributed by atoms with Crippen molar-refractivity contribution in [1.29, 1.82) is 0 Å². The predicted octanol–water partition coefficient (Wildman–Crippen LogP) is 1.06. The normalized spacial score (nSPS) is 20.4. The molecule has 110 valence electrons. The number of benzene rings is 1. The lowest BCUT2D eigenvalue weighted by atomic mass is 9.78. The van der Waals surface area contributed by atoms with Crippen molar-refractivity contribution >= 4 is 29.2 Å². The predicted molar refractivity (Wildman–Crippen MR) is 76.1 cm³/mol. The average molecular weight is 301 g/mol. The molecule has 8 heteroatoms. The Morgan fingerprint density at radius 1 is 1.15 bits per heavy atom. The van der Waals surface area contributed by atoms with Crippen LogP contribution in [0.15, 0.2) is 18.2 Å². The first-order valence-corrected chi connectivity index (χ1v) is 7.37. The van der Waals surface area contributed by atoms with E-state index in [1.165, 1.54) is 12.1 Å². The van der Waals surface area contributed by atoms with Crippen LogP contribution in [-0.2, 0) is 20.2 Å². The molecule has 0 atom stereocenters. The summed E-state index contributed by atoms with van der Waals surface area (Å²) in [6.07, 6.45) is 0. The third-order valence-electron chi connectivity index (χ3n) is 3.75. The van der Waals surface area contributed by atoms with Crippen LogP contribution >= 0.6 is 0 Å². The minimum absolute atomic E-state index is 0.117. The molecule has 1 aliphatic rings. The van der Waals surface area contributed by atoms with Crippen molar-refractivity contribution in [3.05, 3.63) is 24.0 Å². The van der Waals surface area contributed by atoms with Crippen LogP contribution in [0.4, 0.5) is 10.1 Å². The number of hydrogen-bond donors (Lipinski definition) is 2. The summed E-state index contributed by atoms with van der Waals surface area (Å²) in [5, 5.41) is 0. The molecule has 1 aromatic rings. The first-order valence-electron chi connectivity index (χ1n) is 6.19. The van der Waals surface area contributed by atoms with Gasteiger partial charge in [-0.1, -0.05) is 12.1 Å². The molecule has 1 saturated heterocycles. The van der Waals surface area contributed by atoms with Gasteiger partial charge in [-0.05, 0) is 33.8 Å². The maximum absolute atomic E-state index is 14.3. The topological polar surface area (TPSA) is 64.6 Å². The van der Waals surface area contributed by atoms with Crippen molar-refractivity contribution in [2.45, 2.75) is 38.9 Å². The maximum Gasteiger partial charge on any atom is 0.497 e. The first kappa shape index (κ1) is 15.3. The molecule has 0 bridgehead atoms. The molecule has 0 amide bonds. The van der Waals surface area contributed by atoms with Gasteiger partial charge < -0.3 is 9.31 Å². The van der Waals surface area contributed by atoms with Crippen LogP contribution in [0, 0.1) is 5.82 Å². The fourth-order valence-electron chi connectivity index (χ4n) is 1.89. The van der Waals surface area contributed by atoms with E-state index in [-0.39, 0.29) is 11.2 Å². The summed E-state index contributed by atoms with van der Waals surface area (Å²) in [6, 6.07) is 4.40. The highest BCUT2D eigenvalue weighted by molar-refractivity contribution is 7.73. The fourth-order valence-corrected chi connectivity index (χ4v) is 2.26. The van der Waals surface area contributed by atoms with E-state index in [9.17, 15) is 12.8 Å². The quantitative estimate of drug-likeness (QED) is 0.647. The third-order valence-corrected chi connectivity index (χ3v) is 4.17. The van der Waals surface area contributed by atoms with E-state index >= 15 is 0 Å². The zero-order chi connectivity index (χ0) is 15.1. The molecule has 5 nitrogen and oxygen atoms in total. The lowest BCUT2D eigenvalue weighted by Gasteiger charge is -2.32. The van der Waals surface area contributed by atoms with Crippen LogP contribution < -0.4 is 10.2 Å². The summed E-state index contributed by atoms with van der Waals surface area (Å²) in [5.41, 5.74) is -1.12. The Hall–Kier alpha value is -1.12. The Labute approximate surface area is 119 Å². The summed E-state index contributed by atoms with van der Waals surface area (Å²) < 4.78 is 49.2. The third kappa shape index (κ3) is 2.68. The van der Waals surface area contributed by atoms with Gasteiger partial charge in [-0.15, -0.1) is 0 Å². The van der Waals surface area contributed by atoms with Crippen LogP contribution in [0.3, 0.4) is 0 Å². The second kappa shape index (κ2) is 5.02. The molecule has 0 aromatic heterocycles. The van der Waals surface area contributed by atoms with E-state index in [1.54, 1.807) is 6.07 Å². The number of nitrogens with one attached hydrogen (secondary N) is 1. The molecule has 2 rings (SSSR count). The van der Waals surface area contributed by atoms with Crippen molar-refractivity contribution in [3.63, 3.8) is 0 Å². The molecule has 20 heavy (non-hydrogen) atoms. The largest absolute Gasteiger partial charge is 0.497 e. The lowest BCUT2D eigenvalue weighted by Crippen LogP contribution is -2.41. The molecular weight excluding hydrogens is 284 g/mol. The first-order chi connectivity index (χ1) is 9.14. The number of thiol groups is 1. The monoisotopic (exact) mass is 301 g/mol. The van der Waals surface area contributed by atoms with Crippen molar-refractivity contribution in [2.24, 2.45) is 0 Å². The van der Waals surface area contributed by atoms with Gasteiger partial charge in [-0.25, -0.2) is 12.8 Å². The van der Waals surface area contributed by atoms with Gasteiger partial charge in [0, 0.05) is 5.46 Å². The highest BCUT2D eigenvalue weighted by atomic mass is 32.2. The van der Waals surface area contributed by atoms with Crippen LogP contribution in [0.5, 0.6) is 0 Å². The molecule has 0 unspecified atom stereocenters. The second-order valence-electron chi connectivity index (χ2n) is 5.67.